The molecular weight excluding hydrogens is 138 g/mol. The number of rotatable bonds is 2. The van der Waals surface area contributed by atoms with Gasteiger partial charge in [0.1, 0.15) is 5.75 Å². The molecule has 11 heavy (non-hydrogen) atoms. The molecule has 0 atom stereocenters. The number of hydrogen-bond donors (Lipinski definition) is 1. The minimum absolute atomic E-state index is 0.269. The lowest BCUT2D eigenvalue weighted by Gasteiger charge is -1.97. The van der Waals surface area contributed by atoms with Gasteiger partial charge in [-0.15, -0.1) is 0 Å². The number of nitrogens with zero attached hydrogens (tertiary/aromatic N) is 1. The van der Waals surface area contributed by atoms with E-state index >= 15 is 0 Å². The third-order valence-corrected chi connectivity index (χ3v) is 1.41. The first-order chi connectivity index (χ1) is 5.34. The molecule has 1 aromatic rings. The number of aromatic nitrogens is 1. The highest BCUT2D eigenvalue weighted by Gasteiger charge is 1.96. The molecule has 1 heterocycles. The fourth-order valence-electron chi connectivity index (χ4n) is 0.816. The molecule has 2 heteroatoms. The minimum Gasteiger partial charge on any atom is -0.506 e. The van der Waals surface area contributed by atoms with Crippen molar-refractivity contribution in [3.8, 4) is 5.75 Å². The maximum Gasteiger partial charge on any atom is 0.137 e. The standard InChI is InChI=1S/C9H11NO/c1-2-3-5-8-9(11)6-4-7-10-8/h2-4,6-7,11H,5H2,1H3/b3-2-. The molecule has 0 unspecified atom stereocenters. The lowest BCUT2D eigenvalue weighted by atomic mass is 10.2. The van der Waals surface area contributed by atoms with Crippen molar-refractivity contribution in [2.75, 3.05) is 0 Å². The first-order valence-corrected chi connectivity index (χ1v) is 3.58. The SMILES string of the molecule is C/C=C\Cc1ncccc1O. The Kier molecular flexibility index (Phi) is 2.66. The highest BCUT2D eigenvalue weighted by Crippen LogP contribution is 2.12. The van der Waals surface area contributed by atoms with Gasteiger partial charge in [0.15, 0.2) is 0 Å². The third-order valence-electron chi connectivity index (χ3n) is 1.41. The zero-order chi connectivity index (χ0) is 8.10. The zero-order valence-electron chi connectivity index (χ0n) is 6.49. The van der Waals surface area contributed by atoms with Gasteiger partial charge in [-0.25, -0.2) is 0 Å². The lowest BCUT2D eigenvalue weighted by Crippen LogP contribution is -1.86. The Morgan fingerprint density at radius 1 is 1.64 bits per heavy atom. The number of pyridine rings is 1. The van der Waals surface area contributed by atoms with Gasteiger partial charge in [0.05, 0.1) is 5.69 Å². The smallest absolute Gasteiger partial charge is 0.137 e. The van der Waals surface area contributed by atoms with Crippen molar-refractivity contribution in [3.05, 3.63) is 36.2 Å². The van der Waals surface area contributed by atoms with E-state index in [-0.39, 0.29) is 5.75 Å². The molecule has 1 N–H and O–H groups in total. The highest BCUT2D eigenvalue weighted by molar-refractivity contribution is 5.26. The van der Waals surface area contributed by atoms with Crippen LogP contribution in [0.25, 0.3) is 0 Å². The number of allylic oxidation sites excluding steroid dienone is 2. The highest BCUT2D eigenvalue weighted by atomic mass is 16.3. The summed E-state index contributed by atoms with van der Waals surface area (Å²) in [5, 5.41) is 9.24. The average molecular weight is 149 g/mol. The molecule has 58 valence electrons. The van der Waals surface area contributed by atoms with Gasteiger partial charge in [0.2, 0.25) is 0 Å². The predicted molar refractivity (Wildman–Crippen MR) is 44.4 cm³/mol. The van der Waals surface area contributed by atoms with E-state index in [4.69, 9.17) is 0 Å². The van der Waals surface area contributed by atoms with Crippen LogP contribution in [0, 0.1) is 0 Å². The molecule has 2 nitrogen and oxygen atoms in total. The summed E-state index contributed by atoms with van der Waals surface area (Å²) in [6.07, 6.45) is 6.28. The monoisotopic (exact) mass is 149 g/mol. The molecule has 0 aliphatic heterocycles. The van der Waals surface area contributed by atoms with Gasteiger partial charge in [-0.1, -0.05) is 12.2 Å². The van der Waals surface area contributed by atoms with Crippen molar-refractivity contribution in [1.29, 1.82) is 0 Å². The van der Waals surface area contributed by atoms with E-state index in [1.807, 2.05) is 19.1 Å². The van der Waals surface area contributed by atoms with E-state index in [1.54, 1.807) is 18.3 Å². The van der Waals surface area contributed by atoms with Crippen LogP contribution in [0.1, 0.15) is 12.6 Å². The normalized spacial score (nSPS) is 10.6. The van der Waals surface area contributed by atoms with Gasteiger partial charge in [-0.3, -0.25) is 4.98 Å². The van der Waals surface area contributed by atoms with E-state index < -0.39 is 0 Å². The summed E-state index contributed by atoms with van der Waals surface area (Å²) in [6, 6.07) is 3.36. The Balaban J connectivity index is 2.77. The number of hydrogen-bond acceptors (Lipinski definition) is 2. The summed E-state index contributed by atoms with van der Waals surface area (Å²) < 4.78 is 0. The Morgan fingerprint density at radius 2 is 2.45 bits per heavy atom. The van der Waals surface area contributed by atoms with Gasteiger partial charge in [-0.05, 0) is 19.1 Å². The molecule has 1 rings (SSSR count). The van der Waals surface area contributed by atoms with Crippen LogP contribution in [0.4, 0.5) is 0 Å². The second-order valence-electron chi connectivity index (χ2n) is 2.24. The second-order valence-corrected chi connectivity index (χ2v) is 2.24. The van der Waals surface area contributed by atoms with Crippen molar-refractivity contribution in [3.63, 3.8) is 0 Å². The summed E-state index contributed by atoms with van der Waals surface area (Å²) in [7, 11) is 0. The molecule has 0 spiro atoms. The van der Waals surface area contributed by atoms with Crippen LogP contribution in [-0.4, -0.2) is 10.1 Å². The van der Waals surface area contributed by atoms with Crippen molar-refractivity contribution in [2.24, 2.45) is 0 Å². The molecule has 0 fully saturated rings. The molecule has 1 aromatic heterocycles. The fraction of sp³-hybridized carbons (Fsp3) is 0.222. The van der Waals surface area contributed by atoms with Crippen LogP contribution in [0.5, 0.6) is 5.75 Å². The van der Waals surface area contributed by atoms with Crippen molar-refractivity contribution >= 4 is 0 Å². The summed E-state index contributed by atoms with van der Waals surface area (Å²) in [6.45, 7) is 1.94. The summed E-state index contributed by atoms with van der Waals surface area (Å²) in [5.41, 5.74) is 0.727. The van der Waals surface area contributed by atoms with Gasteiger partial charge in [0.25, 0.3) is 0 Å². The lowest BCUT2D eigenvalue weighted by molar-refractivity contribution is 0.466. The molecular formula is C9H11NO. The van der Waals surface area contributed by atoms with E-state index in [2.05, 4.69) is 4.98 Å². The largest absolute Gasteiger partial charge is 0.506 e. The van der Waals surface area contributed by atoms with Crippen LogP contribution in [0.15, 0.2) is 30.5 Å². The summed E-state index contributed by atoms with van der Waals surface area (Å²) >= 11 is 0. The molecule has 0 aliphatic carbocycles. The number of aromatic hydroxyl groups is 1. The third kappa shape index (κ3) is 2.08. The van der Waals surface area contributed by atoms with Crippen molar-refractivity contribution in [1.82, 2.24) is 4.98 Å². The summed E-state index contributed by atoms with van der Waals surface area (Å²) in [4.78, 5) is 4.01. The summed E-state index contributed by atoms with van der Waals surface area (Å²) in [5.74, 6) is 0.269. The first-order valence-electron chi connectivity index (χ1n) is 3.58. The Labute approximate surface area is 66.2 Å². The van der Waals surface area contributed by atoms with Gasteiger partial charge >= 0.3 is 0 Å². The maximum atomic E-state index is 9.24. The molecule has 0 radical (unpaired) electrons. The van der Waals surface area contributed by atoms with Crippen LogP contribution in [-0.2, 0) is 6.42 Å². The first kappa shape index (κ1) is 7.79. The van der Waals surface area contributed by atoms with Gasteiger partial charge in [0, 0.05) is 12.6 Å². The van der Waals surface area contributed by atoms with E-state index in [0.29, 0.717) is 6.42 Å². The predicted octanol–water partition coefficient (Wildman–Crippen LogP) is 1.91. The Bertz CT molecular complexity index is 255. The van der Waals surface area contributed by atoms with E-state index in [9.17, 15) is 5.11 Å². The maximum absolute atomic E-state index is 9.24. The zero-order valence-corrected chi connectivity index (χ0v) is 6.49. The van der Waals surface area contributed by atoms with Crippen LogP contribution >= 0.6 is 0 Å². The Morgan fingerprint density at radius 3 is 3.09 bits per heavy atom. The molecule has 0 aromatic carbocycles. The average Bonchev–Trinajstić information content (AvgIpc) is 2.03. The molecule has 0 saturated carbocycles. The second kappa shape index (κ2) is 3.76. The van der Waals surface area contributed by atoms with Gasteiger partial charge in [-0.2, -0.15) is 0 Å². The van der Waals surface area contributed by atoms with Crippen LogP contribution in [0.2, 0.25) is 0 Å². The van der Waals surface area contributed by atoms with Gasteiger partial charge < -0.3 is 5.11 Å². The van der Waals surface area contributed by atoms with Crippen LogP contribution in [0.3, 0.4) is 0 Å². The minimum atomic E-state index is 0.269. The Hall–Kier alpha value is -1.31. The topological polar surface area (TPSA) is 33.1 Å². The molecule has 0 amide bonds. The molecule has 0 saturated heterocycles. The molecule has 0 aliphatic rings. The van der Waals surface area contributed by atoms with E-state index in [0.717, 1.165) is 5.69 Å². The van der Waals surface area contributed by atoms with Crippen LogP contribution < -0.4 is 0 Å². The quantitative estimate of drug-likeness (QED) is 0.651. The van der Waals surface area contributed by atoms with Crippen molar-refractivity contribution < 1.29 is 5.11 Å². The van der Waals surface area contributed by atoms with E-state index in [1.165, 1.54) is 0 Å². The van der Waals surface area contributed by atoms with Crippen molar-refractivity contribution in [2.45, 2.75) is 13.3 Å². The molecule has 0 bridgehead atoms. The fourth-order valence-corrected chi connectivity index (χ4v) is 0.816.